The number of fused-ring (bicyclic) bond motifs is 1. The standard InChI is InChI=1S/C23H35N3O6/c1-23(2,3)12-11-17(27)18(28)19(29)20(32-6)21(30)24-14-13-25(4)15-9-7-8-10-16(15)26(5)22(14)31/h7-12,14,17-20,27-29H,13H2,1-6H3,(H,24,30)/t14?,17-,18+,19-,20-/m1/s1. The van der Waals surface area contributed by atoms with Crippen molar-refractivity contribution in [2.45, 2.75) is 51.2 Å². The Morgan fingerprint density at radius 3 is 2.31 bits per heavy atom. The molecule has 0 saturated carbocycles. The first-order valence-electron chi connectivity index (χ1n) is 10.5. The van der Waals surface area contributed by atoms with Gasteiger partial charge in [0.25, 0.3) is 11.8 Å². The number of amides is 2. The molecule has 1 aliphatic heterocycles. The van der Waals surface area contributed by atoms with Gasteiger partial charge in [-0.05, 0) is 17.5 Å². The van der Waals surface area contributed by atoms with Gasteiger partial charge in [0.2, 0.25) is 0 Å². The van der Waals surface area contributed by atoms with Gasteiger partial charge in [-0.25, -0.2) is 0 Å². The lowest BCUT2D eigenvalue weighted by Gasteiger charge is -2.29. The quantitative estimate of drug-likeness (QED) is 0.441. The number of para-hydroxylation sites is 2. The number of nitrogens with zero attached hydrogens (tertiary/aromatic N) is 2. The molecule has 0 spiro atoms. The maximum Gasteiger partial charge on any atom is 0.252 e. The van der Waals surface area contributed by atoms with Gasteiger partial charge in [0, 0.05) is 27.7 Å². The van der Waals surface area contributed by atoms with Crippen LogP contribution in [0.2, 0.25) is 0 Å². The molecule has 2 amide bonds. The number of anilines is 2. The van der Waals surface area contributed by atoms with Crippen LogP contribution in [0.1, 0.15) is 20.8 Å². The number of methoxy groups -OCH3 is 1. The molecule has 5 atom stereocenters. The molecule has 4 N–H and O–H groups in total. The highest BCUT2D eigenvalue weighted by Gasteiger charge is 2.38. The van der Waals surface area contributed by atoms with E-state index in [1.165, 1.54) is 18.1 Å². The van der Waals surface area contributed by atoms with Gasteiger partial charge in [0.05, 0.1) is 11.4 Å². The molecule has 9 heteroatoms. The van der Waals surface area contributed by atoms with Crippen LogP contribution in [-0.4, -0.2) is 85.3 Å². The third kappa shape index (κ3) is 6.07. The molecule has 1 aromatic rings. The van der Waals surface area contributed by atoms with Crippen molar-refractivity contribution in [1.29, 1.82) is 0 Å². The number of nitrogens with one attached hydrogen (secondary N) is 1. The van der Waals surface area contributed by atoms with Crippen LogP contribution in [0.3, 0.4) is 0 Å². The Hall–Kier alpha value is -2.46. The third-order valence-electron chi connectivity index (χ3n) is 5.37. The monoisotopic (exact) mass is 449 g/mol. The Morgan fingerprint density at radius 1 is 1.16 bits per heavy atom. The van der Waals surface area contributed by atoms with E-state index >= 15 is 0 Å². The van der Waals surface area contributed by atoms with Crippen LogP contribution < -0.4 is 15.1 Å². The minimum atomic E-state index is -1.71. The fourth-order valence-electron chi connectivity index (χ4n) is 3.52. The van der Waals surface area contributed by atoms with Gasteiger partial charge in [-0.15, -0.1) is 0 Å². The molecule has 1 aliphatic rings. The molecule has 178 valence electrons. The van der Waals surface area contributed by atoms with Gasteiger partial charge < -0.3 is 35.2 Å². The SMILES string of the molecule is CO[C@@H](C(=O)NC1CN(C)c2ccccc2N(C)C1=O)[C@H](O)[C@@H](O)[C@H](O)C=CC(C)(C)C. The lowest BCUT2D eigenvalue weighted by molar-refractivity contribution is -0.150. The highest BCUT2D eigenvalue weighted by atomic mass is 16.5. The van der Waals surface area contributed by atoms with E-state index in [4.69, 9.17) is 4.74 Å². The maximum atomic E-state index is 13.0. The van der Waals surface area contributed by atoms with Gasteiger partial charge in [0.1, 0.15) is 24.4 Å². The molecule has 0 bridgehead atoms. The Morgan fingerprint density at radius 2 is 1.75 bits per heavy atom. The van der Waals surface area contributed by atoms with Crippen molar-refractivity contribution < 1.29 is 29.6 Å². The lowest BCUT2D eigenvalue weighted by Crippen LogP contribution is -2.57. The zero-order valence-electron chi connectivity index (χ0n) is 19.5. The van der Waals surface area contributed by atoms with E-state index in [2.05, 4.69) is 5.32 Å². The number of rotatable bonds is 7. The van der Waals surface area contributed by atoms with Crippen LogP contribution >= 0.6 is 0 Å². The van der Waals surface area contributed by atoms with E-state index in [-0.39, 0.29) is 17.9 Å². The number of carbonyl (C=O) groups excluding carboxylic acids is 2. The van der Waals surface area contributed by atoms with Crippen LogP contribution in [0.5, 0.6) is 0 Å². The molecule has 32 heavy (non-hydrogen) atoms. The number of allylic oxidation sites excluding steroid dienone is 1. The van der Waals surface area contributed by atoms with Crippen LogP contribution in [0.25, 0.3) is 0 Å². The fourth-order valence-corrected chi connectivity index (χ4v) is 3.52. The molecule has 0 fully saturated rings. The molecule has 0 aliphatic carbocycles. The second kappa shape index (κ2) is 10.4. The highest BCUT2D eigenvalue weighted by molar-refractivity contribution is 6.03. The van der Waals surface area contributed by atoms with Gasteiger partial charge >= 0.3 is 0 Å². The topological polar surface area (TPSA) is 123 Å². The van der Waals surface area contributed by atoms with Crippen molar-refractivity contribution in [3.05, 3.63) is 36.4 Å². The number of likely N-dealkylation sites (N-methyl/N-ethyl adjacent to an activating group) is 2. The minimum Gasteiger partial charge on any atom is -0.387 e. The van der Waals surface area contributed by atoms with Crippen molar-refractivity contribution in [1.82, 2.24) is 5.32 Å². The molecule has 2 rings (SSSR count). The third-order valence-corrected chi connectivity index (χ3v) is 5.37. The van der Waals surface area contributed by atoms with E-state index in [9.17, 15) is 24.9 Å². The largest absolute Gasteiger partial charge is 0.387 e. The summed E-state index contributed by atoms with van der Waals surface area (Å²) in [5, 5.41) is 33.7. The molecule has 1 heterocycles. The number of carbonyl (C=O) groups is 2. The fraction of sp³-hybridized carbons (Fsp3) is 0.565. The van der Waals surface area contributed by atoms with E-state index in [0.29, 0.717) is 5.69 Å². The second-order valence-corrected chi connectivity index (χ2v) is 9.18. The summed E-state index contributed by atoms with van der Waals surface area (Å²) in [4.78, 5) is 29.2. The van der Waals surface area contributed by atoms with Gasteiger partial charge in [-0.3, -0.25) is 9.59 Å². The van der Waals surface area contributed by atoms with Gasteiger partial charge in [-0.1, -0.05) is 45.1 Å². The maximum absolute atomic E-state index is 13.0. The lowest BCUT2D eigenvalue weighted by atomic mass is 9.94. The predicted molar refractivity (Wildman–Crippen MR) is 122 cm³/mol. The van der Waals surface area contributed by atoms with Crippen molar-refractivity contribution in [2.24, 2.45) is 5.41 Å². The van der Waals surface area contributed by atoms with E-state index in [1.807, 2.05) is 57.0 Å². The van der Waals surface area contributed by atoms with Crippen molar-refractivity contribution in [2.75, 3.05) is 37.5 Å². The number of aliphatic hydroxyl groups excluding tert-OH is 3. The summed E-state index contributed by atoms with van der Waals surface area (Å²) in [7, 11) is 4.65. The van der Waals surface area contributed by atoms with Crippen LogP contribution in [0, 0.1) is 5.41 Å². The van der Waals surface area contributed by atoms with E-state index < -0.39 is 36.4 Å². The summed E-state index contributed by atoms with van der Waals surface area (Å²) in [5.74, 6) is -1.09. The normalized spacial score (nSPS) is 21.0. The summed E-state index contributed by atoms with van der Waals surface area (Å²) < 4.78 is 5.12. The van der Waals surface area contributed by atoms with Crippen molar-refractivity contribution >= 4 is 23.2 Å². The van der Waals surface area contributed by atoms with Crippen LogP contribution in [-0.2, 0) is 14.3 Å². The molecule has 1 aromatic carbocycles. The predicted octanol–water partition coefficient (Wildman–Crippen LogP) is 0.284. The zero-order chi connectivity index (χ0) is 24.2. The van der Waals surface area contributed by atoms with Crippen molar-refractivity contribution in [3.63, 3.8) is 0 Å². The number of hydrogen-bond acceptors (Lipinski definition) is 7. The zero-order valence-corrected chi connectivity index (χ0v) is 19.5. The average Bonchev–Trinajstić information content (AvgIpc) is 2.82. The smallest absolute Gasteiger partial charge is 0.252 e. The van der Waals surface area contributed by atoms with Crippen molar-refractivity contribution in [3.8, 4) is 0 Å². The van der Waals surface area contributed by atoms with Gasteiger partial charge in [0.15, 0.2) is 6.10 Å². The molecule has 9 nitrogen and oxygen atoms in total. The summed E-state index contributed by atoms with van der Waals surface area (Å²) in [6.07, 6.45) is -3.20. The number of hydrogen-bond donors (Lipinski definition) is 4. The number of benzene rings is 1. The Kier molecular flexibility index (Phi) is 8.41. The first-order valence-corrected chi connectivity index (χ1v) is 10.5. The Bertz CT molecular complexity index is 837. The van der Waals surface area contributed by atoms with E-state index in [0.717, 1.165) is 5.69 Å². The summed E-state index contributed by atoms with van der Waals surface area (Å²) in [6, 6.07) is 6.49. The first-order chi connectivity index (χ1) is 14.9. The van der Waals surface area contributed by atoms with Gasteiger partial charge in [-0.2, -0.15) is 0 Å². The number of aliphatic hydroxyl groups is 3. The Labute approximate surface area is 189 Å². The minimum absolute atomic E-state index is 0.206. The van der Waals surface area contributed by atoms with E-state index in [1.54, 1.807) is 13.1 Å². The molecule has 0 aromatic heterocycles. The Balaban J connectivity index is 2.14. The molecule has 0 radical (unpaired) electrons. The molecule has 1 unspecified atom stereocenters. The van der Waals surface area contributed by atoms with Crippen LogP contribution in [0.15, 0.2) is 36.4 Å². The summed E-state index contributed by atoms with van der Waals surface area (Å²) in [6.45, 7) is 5.96. The van der Waals surface area contributed by atoms with Crippen LogP contribution in [0.4, 0.5) is 11.4 Å². The summed E-state index contributed by atoms with van der Waals surface area (Å²) >= 11 is 0. The number of ether oxygens (including phenoxy) is 1. The first kappa shape index (κ1) is 25.8. The molecule has 0 saturated heterocycles. The average molecular weight is 450 g/mol. The second-order valence-electron chi connectivity index (χ2n) is 9.18. The summed E-state index contributed by atoms with van der Waals surface area (Å²) in [5.41, 5.74) is 1.32. The molecular formula is C23H35N3O6. The molecular weight excluding hydrogens is 414 g/mol. The highest BCUT2D eigenvalue weighted by Crippen LogP contribution is 2.30.